The molecule has 3 rings (SSSR count). The summed E-state index contributed by atoms with van der Waals surface area (Å²) < 4.78 is 15.0. The largest absolute Gasteiger partial charge is 0.477 e. The second kappa shape index (κ2) is 4.16. The zero-order valence-electron chi connectivity index (χ0n) is 11.2. The molecule has 1 aromatic carbocycles. The monoisotopic (exact) mass is 275 g/mol. The first-order chi connectivity index (χ1) is 9.41. The van der Waals surface area contributed by atoms with Crippen LogP contribution in [0.4, 0.5) is 4.39 Å². The van der Waals surface area contributed by atoms with Gasteiger partial charge in [-0.15, -0.1) is 0 Å². The first kappa shape index (κ1) is 12.8. The fraction of sp³-hybridized carbons (Fsp3) is 0.333. The fourth-order valence-electron chi connectivity index (χ4n) is 2.58. The van der Waals surface area contributed by atoms with E-state index < -0.39 is 17.6 Å². The molecule has 1 heterocycles. The van der Waals surface area contributed by atoms with E-state index in [2.05, 4.69) is 0 Å². The molecule has 1 aliphatic rings. The van der Waals surface area contributed by atoms with Gasteiger partial charge in [-0.25, -0.2) is 9.18 Å². The third-order valence-electron chi connectivity index (χ3n) is 3.99. The van der Waals surface area contributed by atoms with Gasteiger partial charge in [0.2, 0.25) is 5.43 Å². The van der Waals surface area contributed by atoms with Crippen LogP contribution < -0.4 is 5.43 Å². The number of aromatic carboxylic acids is 1. The van der Waals surface area contributed by atoms with Crippen LogP contribution in [0.1, 0.15) is 33.9 Å². The first-order valence-electron chi connectivity index (χ1n) is 6.44. The molecule has 0 aliphatic heterocycles. The standard InChI is InChI=1S/C15H14FNO3/c1-7-3-4-9-13(8(7)2)17(12-5-11(12)16)6-10(14(9)18)15(19)20/h3-4,6,11-12H,5H2,1-2H3,(H,19,20)/t11-,12+/m0/s1. The van der Waals surface area contributed by atoms with Crippen LogP contribution in [0, 0.1) is 13.8 Å². The average molecular weight is 275 g/mol. The van der Waals surface area contributed by atoms with Gasteiger partial charge in [-0.05, 0) is 31.0 Å². The second-order valence-corrected chi connectivity index (χ2v) is 5.31. The number of rotatable bonds is 2. The van der Waals surface area contributed by atoms with Gasteiger partial charge < -0.3 is 9.67 Å². The molecule has 0 radical (unpaired) electrons. The number of carboxylic acids is 1. The molecular formula is C15H14FNO3. The third kappa shape index (κ3) is 1.73. The van der Waals surface area contributed by atoms with Crippen LogP contribution >= 0.6 is 0 Å². The summed E-state index contributed by atoms with van der Waals surface area (Å²) in [5.74, 6) is -1.28. The summed E-state index contributed by atoms with van der Waals surface area (Å²) in [6, 6.07) is 3.05. The van der Waals surface area contributed by atoms with Crippen LogP contribution in [-0.4, -0.2) is 21.8 Å². The van der Waals surface area contributed by atoms with E-state index in [-0.39, 0.29) is 11.6 Å². The van der Waals surface area contributed by atoms with Crippen LogP contribution in [0.5, 0.6) is 0 Å². The zero-order valence-corrected chi connectivity index (χ0v) is 11.2. The number of hydrogen-bond acceptors (Lipinski definition) is 2. The Hall–Kier alpha value is -2.17. The van der Waals surface area contributed by atoms with Crippen LogP contribution in [0.2, 0.25) is 0 Å². The van der Waals surface area contributed by atoms with E-state index in [0.717, 1.165) is 11.1 Å². The molecule has 1 aliphatic carbocycles. The number of hydrogen-bond donors (Lipinski definition) is 1. The minimum Gasteiger partial charge on any atom is -0.477 e. The molecule has 1 fully saturated rings. The number of benzene rings is 1. The Bertz CT molecular complexity index is 794. The van der Waals surface area contributed by atoms with Crippen molar-refractivity contribution in [1.29, 1.82) is 0 Å². The SMILES string of the molecule is Cc1ccc2c(=O)c(C(=O)O)cn([C@@H]3C[C@@H]3F)c2c1C. The van der Waals surface area contributed by atoms with Crippen LogP contribution in [0.3, 0.4) is 0 Å². The maximum absolute atomic E-state index is 13.4. The predicted molar refractivity (Wildman–Crippen MR) is 73.2 cm³/mol. The molecule has 2 aromatic rings. The molecule has 20 heavy (non-hydrogen) atoms. The van der Waals surface area contributed by atoms with E-state index in [0.29, 0.717) is 17.3 Å². The lowest BCUT2D eigenvalue weighted by molar-refractivity contribution is 0.0694. The van der Waals surface area contributed by atoms with E-state index in [9.17, 15) is 14.0 Å². The molecule has 0 bridgehead atoms. The van der Waals surface area contributed by atoms with Crippen LogP contribution in [-0.2, 0) is 0 Å². The number of nitrogens with zero attached hydrogens (tertiary/aromatic N) is 1. The maximum Gasteiger partial charge on any atom is 0.341 e. The van der Waals surface area contributed by atoms with Gasteiger partial charge in [0, 0.05) is 18.0 Å². The maximum atomic E-state index is 13.4. The lowest BCUT2D eigenvalue weighted by atomic mass is 10.0. The highest BCUT2D eigenvalue weighted by molar-refractivity contribution is 5.93. The van der Waals surface area contributed by atoms with Crippen molar-refractivity contribution in [3.05, 3.63) is 45.2 Å². The smallest absolute Gasteiger partial charge is 0.341 e. The predicted octanol–water partition coefficient (Wildman–Crippen LogP) is 2.60. The third-order valence-corrected chi connectivity index (χ3v) is 3.99. The van der Waals surface area contributed by atoms with Crippen molar-refractivity contribution in [1.82, 2.24) is 4.57 Å². The molecule has 4 nitrogen and oxygen atoms in total. The van der Waals surface area contributed by atoms with Crippen molar-refractivity contribution in [3.63, 3.8) is 0 Å². The molecule has 0 saturated heterocycles. The number of pyridine rings is 1. The minimum absolute atomic E-state index is 0.306. The minimum atomic E-state index is -1.28. The Kier molecular flexibility index (Phi) is 2.67. The Labute approximate surface area is 114 Å². The van der Waals surface area contributed by atoms with Gasteiger partial charge in [0.05, 0.1) is 11.6 Å². The van der Waals surface area contributed by atoms with Crippen molar-refractivity contribution in [2.24, 2.45) is 0 Å². The summed E-state index contributed by atoms with van der Waals surface area (Å²) in [4.78, 5) is 23.4. The lowest BCUT2D eigenvalue weighted by Gasteiger charge is -2.15. The normalized spacial score (nSPS) is 21.1. The van der Waals surface area contributed by atoms with Gasteiger partial charge in [-0.1, -0.05) is 6.07 Å². The molecule has 0 unspecified atom stereocenters. The summed E-state index contributed by atoms with van der Waals surface area (Å²) in [5, 5.41) is 9.47. The van der Waals surface area contributed by atoms with Crippen LogP contribution in [0.25, 0.3) is 10.9 Å². The Balaban J connectivity index is 2.45. The van der Waals surface area contributed by atoms with E-state index >= 15 is 0 Å². The van der Waals surface area contributed by atoms with E-state index in [1.54, 1.807) is 16.7 Å². The highest BCUT2D eigenvalue weighted by Gasteiger charge is 2.40. The summed E-state index contributed by atoms with van der Waals surface area (Å²) >= 11 is 0. The van der Waals surface area contributed by atoms with Crippen molar-refractivity contribution >= 4 is 16.9 Å². The number of carbonyl (C=O) groups is 1. The first-order valence-corrected chi connectivity index (χ1v) is 6.44. The zero-order chi connectivity index (χ0) is 14.6. The Morgan fingerprint density at radius 3 is 2.60 bits per heavy atom. The van der Waals surface area contributed by atoms with E-state index in [1.165, 1.54) is 6.20 Å². The Morgan fingerprint density at radius 2 is 2.05 bits per heavy atom. The second-order valence-electron chi connectivity index (χ2n) is 5.31. The topological polar surface area (TPSA) is 59.3 Å². The van der Waals surface area contributed by atoms with Crippen molar-refractivity contribution in [2.75, 3.05) is 0 Å². The van der Waals surface area contributed by atoms with Crippen molar-refractivity contribution in [2.45, 2.75) is 32.5 Å². The number of halogens is 1. The molecular weight excluding hydrogens is 261 g/mol. The molecule has 2 atom stereocenters. The summed E-state index contributed by atoms with van der Waals surface area (Å²) in [7, 11) is 0. The fourth-order valence-corrected chi connectivity index (χ4v) is 2.58. The van der Waals surface area contributed by atoms with E-state index in [1.807, 2.05) is 13.8 Å². The number of fused-ring (bicyclic) bond motifs is 1. The number of alkyl halides is 1. The molecule has 5 heteroatoms. The van der Waals surface area contributed by atoms with Gasteiger partial charge in [0.1, 0.15) is 11.7 Å². The van der Waals surface area contributed by atoms with Crippen molar-refractivity contribution in [3.8, 4) is 0 Å². The highest BCUT2D eigenvalue weighted by atomic mass is 19.1. The average Bonchev–Trinajstić information content (AvgIpc) is 3.11. The van der Waals surface area contributed by atoms with Crippen molar-refractivity contribution < 1.29 is 14.3 Å². The molecule has 0 spiro atoms. The van der Waals surface area contributed by atoms with Gasteiger partial charge in [-0.3, -0.25) is 4.79 Å². The number of aryl methyl sites for hydroxylation is 2. The van der Waals surface area contributed by atoms with Gasteiger partial charge in [0.15, 0.2) is 0 Å². The quantitative estimate of drug-likeness (QED) is 0.916. The Morgan fingerprint density at radius 1 is 1.40 bits per heavy atom. The molecule has 1 aromatic heterocycles. The van der Waals surface area contributed by atoms with Gasteiger partial charge in [-0.2, -0.15) is 0 Å². The molecule has 104 valence electrons. The van der Waals surface area contributed by atoms with Gasteiger partial charge in [0.25, 0.3) is 0 Å². The summed E-state index contributed by atoms with van der Waals surface area (Å²) in [6.45, 7) is 3.78. The summed E-state index contributed by atoms with van der Waals surface area (Å²) in [6.07, 6.45) is 0.677. The van der Waals surface area contributed by atoms with Gasteiger partial charge >= 0.3 is 5.97 Å². The number of carboxylic acid groups (broad SMARTS) is 1. The van der Waals surface area contributed by atoms with E-state index in [4.69, 9.17) is 5.11 Å². The molecule has 1 N–H and O–H groups in total. The number of aromatic nitrogens is 1. The summed E-state index contributed by atoms with van der Waals surface area (Å²) in [5.41, 5.74) is 1.70. The molecule has 1 saturated carbocycles. The molecule has 0 amide bonds. The van der Waals surface area contributed by atoms with Crippen LogP contribution in [0.15, 0.2) is 23.1 Å². The lowest BCUT2D eigenvalue weighted by Crippen LogP contribution is -2.19. The highest BCUT2D eigenvalue weighted by Crippen LogP contribution is 2.41.